The van der Waals surface area contributed by atoms with Crippen LogP contribution in [0.3, 0.4) is 0 Å². The van der Waals surface area contributed by atoms with Gasteiger partial charge in [-0.1, -0.05) is 5.10 Å². The van der Waals surface area contributed by atoms with E-state index < -0.39 is 0 Å². The average Bonchev–Trinajstić information content (AvgIpc) is 3.03. The van der Waals surface area contributed by atoms with E-state index in [1.165, 1.54) is 12.8 Å². The molecule has 0 aromatic carbocycles. The molecule has 0 saturated heterocycles. The highest BCUT2D eigenvalue weighted by Gasteiger charge is 2.21. The lowest BCUT2D eigenvalue weighted by Gasteiger charge is -2.10. The first-order chi connectivity index (χ1) is 9.61. The number of hydrogen-bond donors (Lipinski definition) is 2. The van der Waals surface area contributed by atoms with Gasteiger partial charge < -0.3 is 19.5 Å². The molecule has 0 bridgehead atoms. The summed E-state index contributed by atoms with van der Waals surface area (Å²) in [5, 5.41) is 14.6. The Kier molecular flexibility index (Phi) is 3.48. The highest BCUT2D eigenvalue weighted by Crippen LogP contribution is 2.24. The lowest BCUT2D eigenvalue weighted by molar-refractivity contribution is 0.472. The van der Waals surface area contributed by atoms with Gasteiger partial charge in [0.25, 0.3) is 0 Å². The molecular formula is C14H20N4O2. The van der Waals surface area contributed by atoms with Crippen molar-refractivity contribution in [3.05, 3.63) is 29.0 Å². The van der Waals surface area contributed by atoms with Gasteiger partial charge in [0.1, 0.15) is 11.5 Å². The van der Waals surface area contributed by atoms with Crippen molar-refractivity contribution in [3.63, 3.8) is 0 Å². The highest BCUT2D eigenvalue weighted by molar-refractivity contribution is 5.31. The van der Waals surface area contributed by atoms with E-state index in [0.29, 0.717) is 24.5 Å². The van der Waals surface area contributed by atoms with Crippen LogP contribution in [-0.4, -0.2) is 16.2 Å². The number of furan rings is 1. The standard InChI is InChI=1S/C14H20N4O2/c1-8-6-12(10(3)19-8)9(2)16-14-18-17-13(20-14)7-15-11-4-5-11/h6,9,11,15H,4-5,7H2,1-3H3,(H,16,18). The molecule has 0 aliphatic heterocycles. The summed E-state index contributed by atoms with van der Waals surface area (Å²) in [5.41, 5.74) is 1.11. The van der Waals surface area contributed by atoms with E-state index in [1.54, 1.807) is 0 Å². The van der Waals surface area contributed by atoms with Crippen molar-refractivity contribution >= 4 is 6.01 Å². The van der Waals surface area contributed by atoms with Gasteiger partial charge in [-0.3, -0.25) is 0 Å². The molecule has 2 aromatic heterocycles. The predicted molar refractivity (Wildman–Crippen MR) is 74.4 cm³/mol. The number of rotatable bonds is 6. The summed E-state index contributed by atoms with van der Waals surface area (Å²) in [5.74, 6) is 2.44. The van der Waals surface area contributed by atoms with Crippen molar-refractivity contribution in [2.24, 2.45) is 0 Å². The molecule has 3 rings (SSSR count). The summed E-state index contributed by atoms with van der Waals surface area (Å²) >= 11 is 0. The third-order valence-corrected chi connectivity index (χ3v) is 3.47. The zero-order valence-corrected chi connectivity index (χ0v) is 12.1. The third-order valence-electron chi connectivity index (χ3n) is 3.47. The monoisotopic (exact) mass is 276 g/mol. The average molecular weight is 276 g/mol. The second-order valence-electron chi connectivity index (χ2n) is 5.39. The smallest absolute Gasteiger partial charge is 0.315 e. The number of anilines is 1. The van der Waals surface area contributed by atoms with Crippen molar-refractivity contribution in [1.82, 2.24) is 15.5 Å². The first-order valence-corrected chi connectivity index (χ1v) is 7.01. The van der Waals surface area contributed by atoms with Crippen LogP contribution in [0.4, 0.5) is 6.01 Å². The van der Waals surface area contributed by atoms with E-state index in [4.69, 9.17) is 8.83 Å². The highest BCUT2D eigenvalue weighted by atomic mass is 16.4. The Bertz CT molecular complexity index is 586. The molecule has 108 valence electrons. The lowest BCUT2D eigenvalue weighted by Crippen LogP contribution is -2.15. The van der Waals surface area contributed by atoms with Crippen molar-refractivity contribution in [2.45, 2.75) is 52.2 Å². The summed E-state index contributed by atoms with van der Waals surface area (Å²) < 4.78 is 11.1. The molecule has 0 spiro atoms. The number of nitrogens with one attached hydrogen (secondary N) is 2. The minimum absolute atomic E-state index is 0.0668. The van der Waals surface area contributed by atoms with Gasteiger partial charge in [-0.05, 0) is 39.7 Å². The molecule has 0 amide bonds. The minimum Gasteiger partial charge on any atom is -0.466 e. The Hall–Kier alpha value is -1.82. The van der Waals surface area contributed by atoms with E-state index in [9.17, 15) is 0 Å². The molecule has 1 saturated carbocycles. The molecule has 6 nitrogen and oxygen atoms in total. The van der Waals surface area contributed by atoms with Crippen LogP contribution in [0.25, 0.3) is 0 Å². The van der Waals surface area contributed by atoms with Crippen LogP contribution in [0, 0.1) is 13.8 Å². The van der Waals surface area contributed by atoms with E-state index in [1.807, 2.05) is 26.8 Å². The van der Waals surface area contributed by atoms with Crippen molar-refractivity contribution in [1.29, 1.82) is 0 Å². The molecule has 2 aromatic rings. The molecule has 1 atom stereocenters. The van der Waals surface area contributed by atoms with Crippen LogP contribution in [0.1, 0.15) is 48.8 Å². The lowest BCUT2D eigenvalue weighted by atomic mass is 10.1. The van der Waals surface area contributed by atoms with E-state index in [2.05, 4.69) is 20.8 Å². The first-order valence-electron chi connectivity index (χ1n) is 7.01. The summed E-state index contributed by atoms with van der Waals surface area (Å²) in [6.45, 7) is 6.58. The van der Waals surface area contributed by atoms with Crippen LogP contribution in [-0.2, 0) is 6.54 Å². The normalized spacial score (nSPS) is 16.4. The van der Waals surface area contributed by atoms with Gasteiger partial charge >= 0.3 is 6.01 Å². The maximum absolute atomic E-state index is 5.57. The van der Waals surface area contributed by atoms with Gasteiger partial charge in [-0.2, -0.15) is 0 Å². The third kappa shape index (κ3) is 3.01. The van der Waals surface area contributed by atoms with Crippen molar-refractivity contribution in [2.75, 3.05) is 5.32 Å². The second kappa shape index (κ2) is 5.28. The van der Waals surface area contributed by atoms with E-state index in [-0.39, 0.29) is 6.04 Å². The van der Waals surface area contributed by atoms with Crippen LogP contribution < -0.4 is 10.6 Å². The maximum atomic E-state index is 5.57. The zero-order chi connectivity index (χ0) is 14.1. The summed E-state index contributed by atoms with van der Waals surface area (Å²) in [6.07, 6.45) is 2.49. The maximum Gasteiger partial charge on any atom is 0.315 e. The number of aryl methyl sites for hydroxylation is 2. The van der Waals surface area contributed by atoms with Crippen LogP contribution in [0.15, 0.2) is 14.9 Å². The summed E-state index contributed by atoms with van der Waals surface area (Å²) in [6, 6.07) is 3.17. The second-order valence-corrected chi connectivity index (χ2v) is 5.39. The molecule has 1 fully saturated rings. The Labute approximate surface area is 117 Å². The van der Waals surface area contributed by atoms with E-state index >= 15 is 0 Å². The number of nitrogens with zero attached hydrogens (tertiary/aromatic N) is 2. The van der Waals surface area contributed by atoms with Gasteiger partial charge in [0.2, 0.25) is 5.89 Å². The fourth-order valence-corrected chi connectivity index (χ4v) is 2.25. The Morgan fingerprint density at radius 2 is 2.10 bits per heavy atom. The molecule has 1 aliphatic carbocycles. The molecule has 1 aliphatic rings. The van der Waals surface area contributed by atoms with Gasteiger partial charge in [-0.15, -0.1) is 5.10 Å². The molecule has 2 heterocycles. The van der Waals surface area contributed by atoms with E-state index in [0.717, 1.165) is 17.1 Å². The fourth-order valence-electron chi connectivity index (χ4n) is 2.25. The van der Waals surface area contributed by atoms with Crippen molar-refractivity contribution in [3.8, 4) is 0 Å². The Balaban J connectivity index is 1.60. The van der Waals surface area contributed by atoms with Crippen LogP contribution in [0.5, 0.6) is 0 Å². The van der Waals surface area contributed by atoms with Crippen LogP contribution in [0.2, 0.25) is 0 Å². The predicted octanol–water partition coefficient (Wildman–Crippen LogP) is 2.70. The SMILES string of the molecule is Cc1cc(C(C)Nc2nnc(CNC3CC3)o2)c(C)o1. The van der Waals surface area contributed by atoms with Gasteiger partial charge in [-0.25, -0.2) is 0 Å². The van der Waals surface area contributed by atoms with Gasteiger partial charge in [0.15, 0.2) is 0 Å². The largest absolute Gasteiger partial charge is 0.466 e. The molecule has 20 heavy (non-hydrogen) atoms. The molecule has 2 N–H and O–H groups in total. The zero-order valence-electron chi connectivity index (χ0n) is 12.1. The molecule has 1 unspecified atom stereocenters. The summed E-state index contributed by atoms with van der Waals surface area (Å²) in [7, 11) is 0. The molecular weight excluding hydrogens is 256 g/mol. The molecule has 0 radical (unpaired) electrons. The quantitative estimate of drug-likeness (QED) is 0.844. The minimum atomic E-state index is 0.0668. The fraction of sp³-hybridized carbons (Fsp3) is 0.571. The Morgan fingerprint density at radius 3 is 2.75 bits per heavy atom. The Morgan fingerprint density at radius 1 is 1.30 bits per heavy atom. The first kappa shape index (κ1) is 13.2. The van der Waals surface area contributed by atoms with Gasteiger partial charge in [0.05, 0.1) is 12.6 Å². The number of aromatic nitrogens is 2. The number of hydrogen-bond acceptors (Lipinski definition) is 6. The van der Waals surface area contributed by atoms with Crippen molar-refractivity contribution < 1.29 is 8.83 Å². The molecule has 6 heteroatoms. The van der Waals surface area contributed by atoms with Gasteiger partial charge in [0, 0.05) is 11.6 Å². The summed E-state index contributed by atoms with van der Waals surface area (Å²) in [4.78, 5) is 0. The topological polar surface area (TPSA) is 76.1 Å². The van der Waals surface area contributed by atoms with Crippen LogP contribution >= 0.6 is 0 Å².